The van der Waals surface area contributed by atoms with Gasteiger partial charge in [-0.25, -0.2) is 0 Å². The van der Waals surface area contributed by atoms with Crippen LogP contribution >= 0.6 is 0 Å². The summed E-state index contributed by atoms with van der Waals surface area (Å²) in [6, 6.07) is 7.23. The van der Waals surface area contributed by atoms with Crippen LogP contribution in [-0.2, 0) is 9.47 Å². The number of aliphatic hydroxyl groups is 3. The Morgan fingerprint density at radius 3 is 2.13 bits per heavy atom. The zero-order valence-electron chi connectivity index (χ0n) is 16.7. The number of phenols is 2. The van der Waals surface area contributed by atoms with Crippen LogP contribution in [0.15, 0.2) is 30.3 Å². The van der Waals surface area contributed by atoms with Crippen LogP contribution in [0.5, 0.6) is 11.5 Å². The first-order valence-corrected chi connectivity index (χ1v) is 9.75. The fourth-order valence-corrected chi connectivity index (χ4v) is 3.99. The van der Waals surface area contributed by atoms with Crippen molar-refractivity contribution in [3.8, 4) is 11.5 Å². The summed E-state index contributed by atoms with van der Waals surface area (Å²) in [6.45, 7) is 2.97. The molecule has 0 radical (unpaired) electrons. The number of benzene rings is 2. The molecule has 31 heavy (non-hydrogen) atoms. The van der Waals surface area contributed by atoms with Crippen molar-refractivity contribution in [2.45, 2.75) is 50.7 Å². The standard InChI is InChI=1S/C22H22O9/c1-8(30-22-21(29)20(28)16(24)9(2)31-22)12-7-13(23)14-15(19(12)27)18(26)11-6-4-3-5-10(11)17(14)25/h3-9,16,20-24,27-29H,1-2H3/t8-,9-,16-,20+,21+,22+/m0/s1. The third kappa shape index (κ3) is 3.31. The Labute approximate surface area is 177 Å². The van der Waals surface area contributed by atoms with E-state index in [4.69, 9.17) is 9.47 Å². The van der Waals surface area contributed by atoms with Gasteiger partial charge in [-0.1, -0.05) is 24.3 Å². The molecule has 0 unspecified atom stereocenters. The highest BCUT2D eigenvalue weighted by atomic mass is 16.7. The van der Waals surface area contributed by atoms with Crippen LogP contribution in [0.3, 0.4) is 0 Å². The minimum atomic E-state index is -1.57. The Bertz CT molecular complexity index is 1060. The van der Waals surface area contributed by atoms with Crippen molar-refractivity contribution in [3.63, 3.8) is 0 Å². The van der Waals surface area contributed by atoms with Gasteiger partial charge < -0.3 is 35.0 Å². The molecule has 1 heterocycles. The molecule has 6 atom stereocenters. The second kappa shape index (κ2) is 7.70. The number of rotatable bonds is 3. The molecule has 0 aromatic heterocycles. The number of carbonyl (C=O) groups excluding carboxylic acids is 2. The maximum Gasteiger partial charge on any atom is 0.198 e. The largest absolute Gasteiger partial charge is 0.507 e. The zero-order valence-corrected chi connectivity index (χ0v) is 16.7. The highest BCUT2D eigenvalue weighted by Crippen LogP contribution is 2.43. The van der Waals surface area contributed by atoms with E-state index in [9.17, 15) is 35.1 Å². The number of ether oxygens (including phenoxy) is 2. The summed E-state index contributed by atoms with van der Waals surface area (Å²) in [7, 11) is 0. The molecule has 0 bridgehead atoms. The van der Waals surface area contributed by atoms with Crippen LogP contribution in [0, 0.1) is 0 Å². The number of hydrogen-bond acceptors (Lipinski definition) is 9. The van der Waals surface area contributed by atoms with Crippen LogP contribution < -0.4 is 0 Å². The van der Waals surface area contributed by atoms with Gasteiger partial charge in [-0.3, -0.25) is 9.59 Å². The van der Waals surface area contributed by atoms with Crippen LogP contribution in [0.4, 0.5) is 0 Å². The molecule has 5 N–H and O–H groups in total. The molecule has 9 nitrogen and oxygen atoms in total. The summed E-state index contributed by atoms with van der Waals surface area (Å²) in [5, 5.41) is 51.2. The van der Waals surface area contributed by atoms with E-state index in [1.165, 1.54) is 26.0 Å². The van der Waals surface area contributed by atoms with Gasteiger partial charge in [0.05, 0.1) is 23.3 Å². The zero-order chi connectivity index (χ0) is 22.6. The van der Waals surface area contributed by atoms with Crippen molar-refractivity contribution in [1.82, 2.24) is 0 Å². The van der Waals surface area contributed by atoms with E-state index in [0.29, 0.717) is 0 Å². The van der Waals surface area contributed by atoms with Crippen molar-refractivity contribution in [2.75, 3.05) is 0 Å². The molecule has 0 saturated carbocycles. The van der Waals surface area contributed by atoms with Crippen molar-refractivity contribution < 1.29 is 44.6 Å². The van der Waals surface area contributed by atoms with Gasteiger partial charge in [0, 0.05) is 16.7 Å². The smallest absolute Gasteiger partial charge is 0.198 e. The molecule has 2 aromatic carbocycles. The fraction of sp³-hybridized carbons (Fsp3) is 0.364. The van der Waals surface area contributed by atoms with Crippen molar-refractivity contribution in [1.29, 1.82) is 0 Å². The molecule has 0 spiro atoms. The summed E-state index contributed by atoms with van der Waals surface area (Å²) in [6.07, 6.45) is -7.60. The van der Waals surface area contributed by atoms with E-state index in [1.807, 2.05) is 0 Å². The first kappa shape index (κ1) is 21.4. The quantitative estimate of drug-likeness (QED) is 0.379. The van der Waals surface area contributed by atoms with Gasteiger partial charge in [0.1, 0.15) is 29.8 Å². The van der Waals surface area contributed by atoms with Crippen LogP contribution in [0.2, 0.25) is 0 Å². The molecule has 2 aromatic rings. The molecule has 1 saturated heterocycles. The first-order chi connectivity index (χ1) is 14.6. The Morgan fingerprint density at radius 1 is 0.935 bits per heavy atom. The van der Waals surface area contributed by atoms with E-state index in [2.05, 4.69) is 0 Å². The Morgan fingerprint density at radius 2 is 1.52 bits per heavy atom. The predicted octanol–water partition coefficient (Wildman–Crippen LogP) is 0.778. The number of phenolic OH excluding ortho intramolecular Hbond substituents is 2. The van der Waals surface area contributed by atoms with Gasteiger partial charge in [-0.2, -0.15) is 0 Å². The molecule has 1 aliphatic carbocycles. The molecule has 0 amide bonds. The van der Waals surface area contributed by atoms with Gasteiger partial charge in [0.25, 0.3) is 0 Å². The van der Waals surface area contributed by atoms with E-state index in [1.54, 1.807) is 12.1 Å². The summed E-state index contributed by atoms with van der Waals surface area (Å²) >= 11 is 0. The molecule has 1 fully saturated rings. The summed E-state index contributed by atoms with van der Waals surface area (Å²) in [4.78, 5) is 25.8. The maximum atomic E-state index is 13.0. The van der Waals surface area contributed by atoms with Crippen LogP contribution in [0.25, 0.3) is 0 Å². The first-order valence-electron chi connectivity index (χ1n) is 9.75. The lowest BCUT2D eigenvalue weighted by molar-refractivity contribution is -0.303. The highest BCUT2D eigenvalue weighted by Gasteiger charge is 2.43. The molecule has 9 heteroatoms. The Kier molecular flexibility index (Phi) is 5.32. The third-order valence-corrected chi connectivity index (χ3v) is 5.76. The molecule has 1 aliphatic heterocycles. The van der Waals surface area contributed by atoms with Crippen molar-refractivity contribution in [2.24, 2.45) is 0 Å². The highest BCUT2D eigenvalue weighted by molar-refractivity contribution is 6.30. The van der Waals surface area contributed by atoms with Gasteiger partial charge in [-0.15, -0.1) is 0 Å². The lowest BCUT2D eigenvalue weighted by Crippen LogP contribution is -2.57. The molecule has 4 rings (SSSR count). The van der Waals surface area contributed by atoms with Crippen molar-refractivity contribution in [3.05, 3.63) is 58.1 Å². The van der Waals surface area contributed by atoms with Gasteiger partial charge in [0.15, 0.2) is 17.9 Å². The molecular weight excluding hydrogens is 408 g/mol. The number of ketones is 2. The number of fused-ring (bicyclic) bond motifs is 2. The summed E-state index contributed by atoms with van der Waals surface area (Å²) in [5.74, 6) is -2.24. The van der Waals surface area contributed by atoms with E-state index in [0.717, 1.165) is 6.07 Å². The monoisotopic (exact) mass is 430 g/mol. The van der Waals surface area contributed by atoms with Crippen molar-refractivity contribution >= 4 is 11.6 Å². The Hall–Kier alpha value is -2.82. The predicted molar refractivity (Wildman–Crippen MR) is 105 cm³/mol. The molecular formula is C22H22O9. The van der Waals surface area contributed by atoms with Gasteiger partial charge in [0.2, 0.25) is 0 Å². The Balaban J connectivity index is 1.70. The van der Waals surface area contributed by atoms with E-state index < -0.39 is 59.9 Å². The maximum absolute atomic E-state index is 13.0. The van der Waals surface area contributed by atoms with E-state index in [-0.39, 0.29) is 27.8 Å². The average Bonchev–Trinajstić information content (AvgIpc) is 2.75. The lowest BCUT2D eigenvalue weighted by atomic mass is 9.81. The lowest BCUT2D eigenvalue weighted by Gasteiger charge is -2.40. The van der Waals surface area contributed by atoms with Gasteiger partial charge in [-0.05, 0) is 19.9 Å². The summed E-state index contributed by atoms with van der Waals surface area (Å²) in [5.41, 5.74) is -0.397. The second-order valence-electron chi connectivity index (χ2n) is 7.75. The molecule has 2 aliphatic rings. The molecule has 164 valence electrons. The normalized spacial score (nSPS) is 28.7. The third-order valence-electron chi connectivity index (χ3n) is 5.76. The second-order valence-corrected chi connectivity index (χ2v) is 7.75. The minimum absolute atomic E-state index is 0.0131. The number of aliphatic hydroxyl groups excluding tert-OH is 3. The van der Waals surface area contributed by atoms with Crippen LogP contribution in [0.1, 0.15) is 57.4 Å². The SMILES string of the molecule is C[C@H](O[C@@H]1O[C@@H](C)[C@H](O)[C@@H](O)[C@H]1O)c1cc(O)c2c(c1O)C(=O)c1ccccc1C2=O. The van der Waals surface area contributed by atoms with Gasteiger partial charge >= 0.3 is 0 Å². The van der Waals surface area contributed by atoms with E-state index >= 15 is 0 Å². The number of carbonyl (C=O) groups is 2. The average molecular weight is 430 g/mol. The minimum Gasteiger partial charge on any atom is -0.507 e. The number of aromatic hydroxyl groups is 2. The fourth-order valence-electron chi connectivity index (χ4n) is 3.99. The topological polar surface area (TPSA) is 154 Å². The number of hydrogen-bond donors (Lipinski definition) is 5. The summed E-state index contributed by atoms with van der Waals surface area (Å²) < 4.78 is 11.0. The van der Waals surface area contributed by atoms with Crippen LogP contribution in [-0.4, -0.2) is 67.8 Å².